The molecule has 0 saturated heterocycles. The molecule has 27 heavy (non-hydrogen) atoms. The predicted molar refractivity (Wildman–Crippen MR) is 101 cm³/mol. The summed E-state index contributed by atoms with van der Waals surface area (Å²) in [5.74, 6) is -0.956. The Bertz CT molecular complexity index is 577. The molecule has 1 aromatic rings. The van der Waals surface area contributed by atoms with Crippen molar-refractivity contribution in [3.63, 3.8) is 0 Å². The number of carbonyl (C=O) groups excluding carboxylic acids is 3. The van der Waals surface area contributed by atoms with Crippen LogP contribution in [0.5, 0.6) is 0 Å². The molecule has 0 saturated carbocycles. The minimum Gasteiger partial charge on any atom is -0.467 e. The van der Waals surface area contributed by atoms with Crippen molar-refractivity contribution in [1.29, 1.82) is 0 Å². The van der Waals surface area contributed by atoms with E-state index in [4.69, 9.17) is 9.94 Å². The van der Waals surface area contributed by atoms with Gasteiger partial charge in [-0.1, -0.05) is 56.0 Å². The van der Waals surface area contributed by atoms with Crippen molar-refractivity contribution in [2.75, 3.05) is 7.11 Å². The lowest BCUT2D eigenvalue weighted by molar-refractivity contribution is -0.145. The molecule has 2 amide bonds. The first-order valence-corrected chi connectivity index (χ1v) is 9.41. The molecule has 0 radical (unpaired) electrons. The molecule has 0 fully saturated rings. The molecule has 0 aliphatic heterocycles. The summed E-state index contributed by atoms with van der Waals surface area (Å²) in [5, 5.41) is 11.2. The molecule has 1 atom stereocenters. The lowest BCUT2D eigenvalue weighted by Crippen LogP contribution is -2.43. The Kier molecular flexibility index (Phi) is 11.5. The topological polar surface area (TPSA) is 105 Å². The van der Waals surface area contributed by atoms with Crippen LogP contribution < -0.4 is 10.8 Å². The monoisotopic (exact) mass is 378 g/mol. The molecule has 1 rings (SSSR count). The second kappa shape index (κ2) is 13.7. The van der Waals surface area contributed by atoms with Crippen LogP contribution in [0.25, 0.3) is 0 Å². The van der Waals surface area contributed by atoms with Gasteiger partial charge in [0.15, 0.2) is 0 Å². The quantitative estimate of drug-likeness (QED) is 0.212. The summed E-state index contributed by atoms with van der Waals surface area (Å²) in [6.07, 6.45) is 6.40. The Hall–Kier alpha value is -2.41. The van der Waals surface area contributed by atoms with Gasteiger partial charge in [0.25, 0.3) is 0 Å². The van der Waals surface area contributed by atoms with Crippen LogP contribution in [0.3, 0.4) is 0 Å². The van der Waals surface area contributed by atoms with Gasteiger partial charge in [-0.2, -0.15) is 0 Å². The molecule has 0 aliphatic rings. The highest BCUT2D eigenvalue weighted by Gasteiger charge is 2.21. The largest absolute Gasteiger partial charge is 0.467 e. The van der Waals surface area contributed by atoms with Crippen LogP contribution >= 0.6 is 0 Å². The first kappa shape index (κ1) is 22.6. The van der Waals surface area contributed by atoms with Crippen LogP contribution in [0.2, 0.25) is 0 Å². The van der Waals surface area contributed by atoms with Crippen molar-refractivity contribution in [3.8, 4) is 0 Å². The van der Waals surface area contributed by atoms with Crippen molar-refractivity contribution in [1.82, 2.24) is 10.8 Å². The maximum atomic E-state index is 12.1. The number of unbranched alkanes of at least 4 members (excludes halogenated alkanes) is 5. The fraction of sp³-hybridized carbons (Fsp3) is 0.550. The van der Waals surface area contributed by atoms with Gasteiger partial charge in [-0.25, -0.2) is 10.3 Å². The van der Waals surface area contributed by atoms with Crippen LogP contribution in [0.1, 0.15) is 56.9 Å². The van der Waals surface area contributed by atoms with E-state index in [-0.39, 0.29) is 11.8 Å². The van der Waals surface area contributed by atoms with Gasteiger partial charge in [0, 0.05) is 19.3 Å². The van der Waals surface area contributed by atoms with Gasteiger partial charge in [-0.15, -0.1) is 0 Å². The van der Waals surface area contributed by atoms with Gasteiger partial charge in [-0.05, 0) is 18.4 Å². The molecule has 0 spiro atoms. The van der Waals surface area contributed by atoms with Crippen molar-refractivity contribution >= 4 is 17.8 Å². The van der Waals surface area contributed by atoms with Crippen LogP contribution in [-0.4, -0.2) is 36.1 Å². The number of amides is 2. The molecule has 1 unspecified atom stereocenters. The maximum Gasteiger partial charge on any atom is 0.328 e. The number of rotatable bonds is 13. The Balaban J connectivity index is 2.22. The molecular formula is C20H30N2O5. The minimum atomic E-state index is -0.678. The number of carbonyl (C=O) groups is 3. The van der Waals surface area contributed by atoms with Crippen molar-refractivity contribution in [2.24, 2.45) is 0 Å². The lowest BCUT2D eigenvalue weighted by Gasteiger charge is -2.16. The third-order valence-corrected chi connectivity index (χ3v) is 4.29. The summed E-state index contributed by atoms with van der Waals surface area (Å²) in [7, 11) is 1.32. The van der Waals surface area contributed by atoms with E-state index in [2.05, 4.69) is 5.32 Å². The van der Waals surface area contributed by atoms with E-state index in [0.29, 0.717) is 19.3 Å². The first-order chi connectivity index (χ1) is 13.1. The third kappa shape index (κ3) is 10.4. The van der Waals surface area contributed by atoms with Crippen LogP contribution in [0.4, 0.5) is 0 Å². The van der Waals surface area contributed by atoms with E-state index in [9.17, 15) is 14.4 Å². The molecular weight excluding hydrogens is 348 g/mol. The third-order valence-electron chi connectivity index (χ3n) is 4.29. The number of nitrogens with one attached hydrogen (secondary N) is 2. The highest BCUT2D eigenvalue weighted by atomic mass is 16.5. The Morgan fingerprint density at radius 2 is 1.48 bits per heavy atom. The number of hydroxylamine groups is 1. The zero-order chi connectivity index (χ0) is 19.9. The zero-order valence-corrected chi connectivity index (χ0v) is 15.9. The summed E-state index contributed by atoms with van der Waals surface area (Å²) < 4.78 is 4.79. The average molecular weight is 378 g/mol. The normalized spacial score (nSPS) is 11.5. The number of methoxy groups -OCH3 is 1. The van der Waals surface area contributed by atoms with E-state index in [0.717, 1.165) is 44.1 Å². The second-order valence-electron chi connectivity index (χ2n) is 6.49. The Morgan fingerprint density at radius 3 is 2.04 bits per heavy atom. The van der Waals surface area contributed by atoms with Gasteiger partial charge in [-0.3, -0.25) is 14.8 Å². The fourth-order valence-electron chi connectivity index (χ4n) is 2.79. The Morgan fingerprint density at radius 1 is 0.926 bits per heavy atom. The summed E-state index contributed by atoms with van der Waals surface area (Å²) in [6, 6.07) is 8.82. The van der Waals surface area contributed by atoms with E-state index in [1.165, 1.54) is 7.11 Å². The van der Waals surface area contributed by atoms with Crippen molar-refractivity contribution in [3.05, 3.63) is 35.9 Å². The van der Waals surface area contributed by atoms with E-state index in [1.807, 2.05) is 30.3 Å². The van der Waals surface area contributed by atoms with E-state index in [1.54, 1.807) is 5.48 Å². The zero-order valence-electron chi connectivity index (χ0n) is 15.9. The van der Waals surface area contributed by atoms with Gasteiger partial charge in [0.2, 0.25) is 11.8 Å². The average Bonchev–Trinajstić information content (AvgIpc) is 2.69. The van der Waals surface area contributed by atoms with Gasteiger partial charge >= 0.3 is 5.97 Å². The van der Waals surface area contributed by atoms with Crippen molar-refractivity contribution < 1.29 is 24.3 Å². The smallest absolute Gasteiger partial charge is 0.328 e. The molecule has 0 heterocycles. The van der Waals surface area contributed by atoms with E-state index < -0.39 is 12.0 Å². The standard InChI is InChI=1S/C20H30N2O5/c1-27-20(25)17(15-16-11-7-6-8-12-16)21-18(23)13-9-4-2-3-5-10-14-19(24)22-26/h6-8,11-12,17,26H,2-5,9-10,13-15H2,1H3,(H,21,23)(H,22,24). The summed E-state index contributed by atoms with van der Waals surface area (Å²) in [6.45, 7) is 0. The van der Waals surface area contributed by atoms with Crippen molar-refractivity contribution in [2.45, 2.75) is 63.8 Å². The predicted octanol–water partition coefficient (Wildman–Crippen LogP) is 2.51. The fourth-order valence-corrected chi connectivity index (χ4v) is 2.79. The number of ether oxygens (including phenoxy) is 1. The van der Waals surface area contributed by atoms with Crippen LogP contribution in [0.15, 0.2) is 30.3 Å². The molecule has 150 valence electrons. The van der Waals surface area contributed by atoms with Crippen LogP contribution in [0, 0.1) is 0 Å². The number of hydrogen-bond acceptors (Lipinski definition) is 5. The highest BCUT2D eigenvalue weighted by Crippen LogP contribution is 2.09. The molecule has 3 N–H and O–H groups in total. The Labute approximate surface area is 160 Å². The molecule has 1 aromatic carbocycles. The van der Waals surface area contributed by atoms with Gasteiger partial charge < -0.3 is 10.1 Å². The van der Waals surface area contributed by atoms with Gasteiger partial charge in [0.1, 0.15) is 6.04 Å². The number of esters is 1. The molecule has 7 heteroatoms. The number of hydrogen-bond donors (Lipinski definition) is 3. The molecule has 0 bridgehead atoms. The number of benzene rings is 1. The second-order valence-corrected chi connectivity index (χ2v) is 6.49. The summed E-state index contributed by atoms with van der Waals surface area (Å²) >= 11 is 0. The first-order valence-electron chi connectivity index (χ1n) is 9.41. The molecule has 0 aliphatic carbocycles. The molecule has 0 aromatic heterocycles. The summed E-state index contributed by atoms with van der Waals surface area (Å²) in [4.78, 5) is 34.9. The van der Waals surface area contributed by atoms with E-state index >= 15 is 0 Å². The van der Waals surface area contributed by atoms with Crippen LogP contribution in [-0.2, 0) is 25.5 Å². The van der Waals surface area contributed by atoms with Gasteiger partial charge in [0.05, 0.1) is 7.11 Å². The lowest BCUT2D eigenvalue weighted by atomic mass is 10.1. The SMILES string of the molecule is COC(=O)C(Cc1ccccc1)NC(=O)CCCCCCCCC(=O)NO. The minimum absolute atomic E-state index is 0.152. The molecule has 7 nitrogen and oxygen atoms in total. The maximum absolute atomic E-state index is 12.1. The highest BCUT2D eigenvalue weighted by molar-refractivity contribution is 5.84. The summed E-state index contributed by atoms with van der Waals surface area (Å²) in [5.41, 5.74) is 2.58.